The molecule has 0 aliphatic carbocycles. The van der Waals surface area contributed by atoms with Gasteiger partial charge in [0, 0.05) is 31.2 Å². The van der Waals surface area contributed by atoms with Crippen LogP contribution in [-0.4, -0.2) is 40.7 Å². The largest absolute Gasteiger partial charge is 0.366 e. The average molecular weight is 308 g/mol. The summed E-state index contributed by atoms with van der Waals surface area (Å²) in [4.78, 5) is 8.28. The van der Waals surface area contributed by atoms with Crippen molar-refractivity contribution in [1.82, 2.24) is 14.7 Å². The molecule has 2 aromatic heterocycles. The molecule has 3 heterocycles. The maximum absolute atomic E-state index is 6.18. The number of nitrogens with one attached hydrogen (secondary N) is 1. The zero-order valence-corrected chi connectivity index (χ0v) is 14.3. The van der Waals surface area contributed by atoms with Gasteiger partial charge in [0.15, 0.2) is 10.8 Å². The van der Waals surface area contributed by atoms with Crippen molar-refractivity contribution < 1.29 is 4.74 Å². The lowest BCUT2D eigenvalue weighted by Gasteiger charge is -2.47. The minimum atomic E-state index is -0.171. The highest BCUT2D eigenvalue weighted by Crippen LogP contribution is 2.33. The van der Waals surface area contributed by atoms with Crippen molar-refractivity contribution in [3.63, 3.8) is 0 Å². The van der Waals surface area contributed by atoms with Crippen LogP contribution in [0.4, 0.5) is 5.82 Å². The van der Waals surface area contributed by atoms with Crippen LogP contribution in [0, 0.1) is 0 Å². The monoisotopic (exact) mass is 308 g/mol. The molecule has 1 fully saturated rings. The van der Waals surface area contributed by atoms with Crippen molar-refractivity contribution in [2.45, 2.75) is 45.4 Å². The Bertz CT molecular complexity index is 627. The van der Waals surface area contributed by atoms with Gasteiger partial charge in [0.2, 0.25) is 0 Å². The Hall–Kier alpha value is -1.11. The summed E-state index contributed by atoms with van der Waals surface area (Å²) in [5.41, 5.74) is 0.882. The van der Waals surface area contributed by atoms with Crippen LogP contribution in [0.15, 0.2) is 11.6 Å². The van der Waals surface area contributed by atoms with Gasteiger partial charge in [0.1, 0.15) is 0 Å². The van der Waals surface area contributed by atoms with E-state index in [0.29, 0.717) is 0 Å². The van der Waals surface area contributed by atoms with E-state index in [2.05, 4.69) is 53.9 Å². The second kappa shape index (κ2) is 4.97. The summed E-state index contributed by atoms with van der Waals surface area (Å²) in [5.74, 6) is 1.08. The Morgan fingerprint density at radius 2 is 1.95 bits per heavy atom. The standard InChI is InChI=1S/C15H24N4OS/c1-14(2)9-18(10-15(3,4)20-14)12-11(8-16-5)19-6-7-21-13(19)17-12/h6-7,16H,8-10H2,1-5H3. The first kappa shape index (κ1) is 14.8. The molecule has 1 N–H and O–H groups in total. The number of thiazole rings is 1. The molecular weight excluding hydrogens is 284 g/mol. The van der Waals surface area contributed by atoms with Gasteiger partial charge in [-0.25, -0.2) is 4.98 Å². The number of nitrogens with zero attached hydrogens (tertiary/aromatic N) is 3. The Balaban J connectivity index is 2.02. The molecule has 0 atom stereocenters. The predicted molar refractivity (Wildman–Crippen MR) is 87.3 cm³/mol. The van der Waals surface area contributed by atoms with E-state index in [4.69, 9.17) is 9.72 Å². The molecule has 1 aliphatic rings. The number of aromatic nitrogens is 2. The zero-order valence-electron chi connectivity index (χ0n) is 13.4. The van der Waals surface area contributed by atoms with Crippen molar-refractivity contribution in [3.05, 3.63) is 17.3 Å². The van der Waals surface area contributed by atoms with E-state index in [9.17, 15) is 0 Å². The highest BCUT2D eigenvalue weighted by molar-refractivity contribution is 7.15. The SMILES string of the molecule is CNCc1c(N2CC(C)(C)OC(C)(C)C2)nc2sccn12. The van der Waals surface area contributed by atoms with Gasteiger partial charge in [0.25, 0.3) is 0 Å². The van der Waals surface area contributed by atoms with Gasteiger partial charge in [-0.1, -0.05) is 0 Å². The van der Waals surface area contributed by atoms with Crippen molar-refractivity contribution >= 4 is 22.1 Å². The van der Waals surface area contributed by atoms with Gasteiger partial charge in [-0.05, 0) is 34.7 Å². The first-order valence-corrected chi connectivity index (χ1v) is 8.23. The fraction of sp³-hybridized carbons (Fsp3) is 0.667. The Morgan fingerprint density at radius 3 is 2.57 bits per heavy atom. The molecule has 2 aromatic rings. The number of rotatable bonds is 3. The molecule has 1 aliphatic heterocycles. The van der Waals surface area contributed by atoms with E-state index in [0.717, 1.165) is 30.4 Å². The smallest absolute Gasteiger partial charge is 0.195 e. The minimum absolute atomic E-state index is 0.171. The second-order valence-electron chi connectivity index (χ2n) is 6.95. The highest BCUT2D eigenvalue weighted by atomic mass is 32.1. The first-order valence-electron chi connectivity index (χ1n) is 7.35. The second-order valence-corrected chi connectivity index (χ2v) is 7.82. The van der Waals surface area contributed by atoms with E-state index in [1.54, 1.807) is 11.3 Å². The molecule has 0 amide bonds. The van der Waals surface area contributed by atoms with Crippen LogP contribution < -0.4 is 10.2 Å². The van der Waals surface area contributed by atoms with E-state index >= 15 is 0 Å². The van der Waals surface area contributed by atoms with Gasteiger partial charge in [0.05, 0.1) is 16.9 Å². The normalized spacial score (nSPS) is 21.1. The van der Waals surface area contributed by atoms with Crippen molar-refractivity contribution in [1.29, 1.82) is 0 Å². The summed E-state index contributed by atoms with van der Waals surface area (Å²) < 4.78 is 8.37. The van der Waals surface area contributed by atoms with Gasteiger partial charge in [-0.3, -0.25) is 4.40 Å². The summed E-state index contributed by atoms with van der Waals surface area (Å²) in [6.07, 6.45) is 2.10. The minimum Gasteiger partial charge on any atom is -0.366 e. The number of anilines is 1. The van der Waals surface area contributed by atoms with Gasteiger partial charge in [-0.15, -0.1) is 11.3 Å². The van der Waals surface area contributed by atoms with E-state index in [-0.39, 0.29) is 11.2 Å². The van der Waals surface area contributed by atoms with Crippen LogP contribution in [0.3, 0.4) is 0 Å². The fourth-order valence-corrected chi connectivity index (χ4v) is 4.07. The van der Waals surface area contributed by atoms with Crippen molar-refractivity contribution in [3.8, 4) is 0 Å². The molecule has 21 heavy (non-hydrogen) atoms. The summed E-state index contributed by atoms with van der Waals surface area (Å²) in [5, 5.41) is 5.34. The Labute approximate surface area is 129 Å². The number of hydrogen-bond donors (Lipinski definition) is 1. The third-order valence-electron chi connectivity index (χ3n) is 3.68. The van der Waals surface area contributed by atoms with Crippen LogP contribution in [0.2, 0.25) is 0 Å². The molecule has 6 heteroatoms. The van der Waals surface area contributed by atoms with Crippen LogP contribution in [0.1, 0.15) is 33.4 Å². The van der Waals surface area contributed by atoms with Crippen LogP contribution in [0.5, 0.6) is 0 Å². The van der Waals surface area contributed by atoms with Gasteiger partial charge in [-0.2, -0.15) is 0 Å². The average Bonchev–Trinajstić information content (AvgIpc) is 2.87. The molecular formula is C15H24N4OS. The third-order valence-corrected chi connectivity index (χ3v) is 4.44. The summed E-state index contributed by atoms with van der Waals surface area (Å²) in [7, 11) is 1.97. The van der Waals surface area contributed by atoms with E-state index < -0.39 is 0 Å². The predicted octanol–water partition coefficient (Wildman–Crippen LogP) is 2.51. The molecule has 3 rings (SSSR count). The topological polar surface area (TPSA) is 41.8 Å². The number of ether oxygens (including phenoxy) is 1. The lowest BCUT2D eigenvalue weighted by atomic mass is 9.99. The lowest BCUT2D eigenvalue weighted by Crippen LogP contribution is -2.57. The molecule has 5 nitrogen and oxygen atoms in total. The lowest BCUT2D eigenvalue weighted by molar-refractivity contribution is -0.133. The quantitative estimate of drug-likeness (QED) is 0.946. The van der Waals surface area contributed by atoms with Crippen molar-refractivity contribution in [2.75, 3.05) is 25.0 Å². The molecule has 0 saturated carbocycles. The molecule has 0 radical (unpaired) electrons. The molecule has 0 bridgehead atoms. The van der Waals surface area contributed by atoms with E-state index in [1.807, 2.05) is 7.05 Å². The maximum atomic E-state index is 6.18. The number of imidazole rings is 1. The van der Waals surface area contributed by atoms with Gasteiger partial charge < -0.3 is 15.0 Å². The number of morpholine rings is 1. The van der Waals surface area contributed by atoms with Crippen LogP contribution >= 0.6 is 11.3 Å². The molecule has 1 saturated heterocycles. The molecule has 0 spiro atoms. The first-order chi connectivity index (χ1) is 9.81. The number of fused-ring (bicyclic) bond motifs is 1. The maximum Gasteiger partial charge on any atom is 0.195 e. The number of hydrogen-bond acceptors (Lipinski definition) is 5. The van der Waals surface area contributed by atoms with E-state index in [1.165, 1.54) is 5.69 Å². The summed E-state index contributed by atoms with van der Waals surface area (Å²) in [6, 6.07) is 0. The van der Waals surface area contributed by atoms with Crippen LogP contribution in [0.25, 0.3) is 4.96 Å². The molecule has 116 valence electrons. The Kier molecular flexibility index (Phi) is 3.50. The summed E-state index contributed by atoms with van der Waals surface area (Å²) in [6.45, 7) is 11.1. The fourth-order valence-electron chi connectivity index (χ4n) is 3.34. The Morgan fingerprint density at radius 1 is 1.29 bits per heavy atom. The van der Waals surface area contributed by atoms with Gasteiger partial charge >= 0.3 is 0 Å². The zero-order chi connectivity index (χ0) is 15.3. The molecule has 0 unspecified atom stereocenters. The molecule has 0 aromatic carbocycles. The summed E-state index contributed by atoms with van der Waals surface area (Å²) >= 11 is 1.68. The third kappa shape index (κ3) is 2.80. The van der Waals surface area contributed by atoms with Crippen molar-refractivity contribution in [2.24, 2.45) is 0 Å². The highest BCUT2D eigenvalue weighted by Gasteiger charge is 2.39. The van der Waals surface area contributed by atoms with Crippen LogP contribution in [-0.2, 0) is 11.3 Å².